The maximum Gasteiger partial charge on any atom is 0.330 e. The first-order chi connectivity index (χ1) is 9.53. The number of rotatable bonds is 5. The molecule has 1 aliphatic rings. The lowest BCUT2D eigenvalue weighted by atomic mass is 9.92. The molecule has 0 aliphatic carbocycles. The highest BCUT2D eigenvalue weighted by Crippen LogP contribution is 2.25. The Labute approximate surface area is 127 Å². The number of nitrogens with zero attached hydrogens (tertiary/aromatic N) is 2. The third-order valence-corrected chi connectivity index (χ3v) is 3.91. The van der Waals surface area contributed by atoms with Crippen LogP contribution in [0.25, 0.3) is 0 Å². The van der Waals surface area contributed by atoms with Crippen LogP contribution in [0.5, 0.6) is 0 Å². The van der Waals surface area contributed by atoms with Gasteiger partial charge in [-0.15, -0.1) is 6.58 Å². The third kappa shape index (κ3) is 3.75. The molecule has 2 unspecified atom stereocenters. The van der Waals surface area contributed by atoms with Crippen molar-refractivity contribution in [2.45, 2.75) is 52.7 Å². The van der Waals surface area contributed by atoms with E-state index < -0.39 is 11.7 Å². The lowest BCUT2D eigenvalue weighted by Gasteiger charge is -2.50. The second kappa shape index (κ2) is 6.05. The van der Waals surface area contributed by atoms with Crippen molar-refractivity contribution in [2.24, 2.45) is 11.1 Å². The number of amides is 4. The van der Waals surface area contributed by atoms with Crippen LogP contribution in [-0.4, -0.2) is 46.7 Å². The molecule has 0 saturated carbocycles. The number of carbonyl (C=O) groups excluding carboxylic acids is 2. The summed E-state index contributed by atoms with van der Waals surface area (Å²) in [6.07, 6.45) is 2.38. The molecule has 1 rings (SSSR count). The lowest BCUT2D eigenvalue weighted by molar-refractivity contribution is 0.0468. The first kappa shape index (κ1) is 17.5. The van der Waals surface area contributed by atoms with E-state index in [2.05, 4.69) is 32.7 Å². The Morgan fingerprint density at radius 2 is 2.00 bits per heavy atom. The quantitative estimate of drug-likeness (QED) is 0.763. The van der Waals surface area contributed by atoms with E-state index in [1.54, 1.807) is 24.8 Å². The first-order valence-electron chi connectivity index (χ1n) is 7.30. The van der Waals surface area contributed by atoms with E-state index in [1.807, 2.05) is 0 Å². The van der Waals surface area contributed by atoms with Crippen molar-refractivity contribution in [3.8, 4) is 0 Å². The summed E-state index contributed by atoms with van der Waals surface area (Å²) >= 11 is 0. The predicted molar refractivity (Wildman–Crippen MR) is 83.7 cm³/mol. The van der Waals surface area contributed by atoms with Crippen LogP contribution >= 0.6 is 0 Å². The molecule has 0 aromatic carbocycles. The molecule has 6 heteroatoms. The summed E-state index contributed by atoms with van der Waals surface area (Å²) < 4.78 is 0. The standard InChI is InChI=1S/C15H28N4O2/c1-7-9-19-13(21)18(10-8-14(3,4)5)12(20)17-15(19,6)11(2)16/h7,11H,1,8-10,16H2,2-6H3,(H,17,20). The highest BCUT2D eigenvalue weighted by Gasteiger charge is 2.47. The second-order valence-electron chi connectivity index (χ2n) is 7.01. The molecule has 0 aromatic rings. The van der Waals surface area contributed by atoms with E-state index in [1.165, 1.54) is 4.90 Å². The van der Waals surface area contributed by atoms with Gasteiger partial charge < -0.3 is 11.1 Å². The highest BCUT2D eigenvalue weighted by atomic mass is 16.2. The van der Waals surface area contributed by atoms with E-state index in [0.717, 1.165) is 6.42 Å². The zero-order valence-electron chi connectivity index (χ0n) is 13.8. The van der Waals surface area contributed by atoms with Gasteiger partial charge in [0.15, 0.2) is 0 Å². The first-order valence-corrected chi connectivity index (χ1v) is 7.30. The van der Waals surface area contributed by atoms with Crippen LogP contribution in [-0.2, 0) is 0 Å². The van der Waals surface area contributed by atoms with Crippen molar-refractivity contribution in [3.05, 3.63) is 12.7 Å². The lowest BCUT2D eigenvalue weighted by Crippen LogP contribution is -2.76. The molecule has 21 heavy (non-hydrogen) atoms. The molecular weight excluding hydrogens is 268 g/mol. The number of hydrogen-bond donors (Lipinski definition) is 2. The molecular formula is C15H28N4O2. The van der Waals surface area contributed by atoms with E-state index in [9.17, 15) is 9.59 Å². The van der Waals surface area contributed by atoms with Crippen molar-refractivity contribution >= 4 is 12.1 Å². The number of hydrogen-bond acceptors (Lipinski definition) is 3. The molecule has 1 heterocycles. The number of nitrogens with two attached hydrogens (primary N) is 1. The van der Waals surface area contributed by atoms with Gasteiger partial charge in [-0.2, -0.15) is 0 Å². The van der Waals surface area contributed by atoms with E-state index in [0.29, 0.717) is 13.1 Å². The largest absolute Gasteiger partial charge is 0.330 e. The maximum atomic E-state index is 12.7. The fraction of sp³-hybridized carbons (Fsp3) is 0.733. The molecule has 0 bridgehead atoms. The Kier molecular flexibility index (Phi) is 5.04. The van der Waals surface area contributed by atoms with Gasteiger partial charge in [-0.3, -0.25) is 4.90 Å². The molecule has 3 N–H and O–H groups in total. The van der Waals surface area contributed by atoms with Crippen molar-refractivity contribution in [1.29, 1.82) is 0 Å². The van der Waals surface area contributed by atoms with E-state index in [4.69, 9.17) is 5.73 Å². The Morgan fingerprint density at radius 1 is 1.43 bits per heavy atom. The molecule has 1 saturated heterocycles. The number of imide groups is 1. The summed E-state index contributed by atoms with van der Waals surface area (Å²) in [5.41, 5.74) is 5.12. The second-order valence-corrected chi connectivity index (χ2v) is 7.01. The van der Waals surface area contributed by atoms with Gasteiger partial charge in [-0.05, 0) is 25.7 Å². The van der Waals surface area contributed by atoms with Crippen LogP contribution in [0.1, 0.15) is 41.0 Å². The Hall–Kier alpha value is -1.56. The zero-order valence-corrected chi connectivity index (χ0v) is 13.8. The average Bonchev–Trinajstić information content (AvgIpc) is 2.32. The number of urea groups is 2. The molecule has 1 fully saturated rings. The SMILES string of the molecule is C=CCN1C(=O)N(CCC(C)(C)C)C(=O)NC1(C)C(C)N. The van der Waals surface area contributed by atoms with Crippen LogP contribution < -0.4 is 11.1 Å². The van der Waals surface area contributed by atoms with Gasteiger partial charge in [0.25, 0.3) is 0 Å². The van der Waals surface area contributed by atoms with Crippen LogP contribution in [0.4, 0.5) is 9.59 Å². The van der Waals surface area contributed by atoms with Crippen molar-refractivity contribution < 1.29 is 9.59 Å². The molecule has 6 nitrogen and oxygen atoms in total. The topological polar surface area (TPSA) is 78.7 Å². The fourth-order valence-corrected chi connectivity index (χ4v) is 2.18. The summed E-state index contributed by atoms with van der Waals surface area (Å²) in [5.74, 6) is 0. The van der Waals surface area contributed by atoms with Gasteiger partial charge in [-0.25, -0.2) is 14.5 Å². The molecule has 0 radical (unpaired) electrons. The summed E-state index contributed by atoms with van der Waals surface area (Å²) in [6, 6.07) is -1.10. The van der Waals surface area contributed by atoms with Crippen molar-refractivity contribution in [1.82, 2.24) is 15.1 Å². The van der Waals surface area contributed by atoms with Crippen LogP contribution in [0.3, 0.4) is 0 Å². The molecule has 0 aromatic heterocycles. The summed E-state index contributed by atoms with van der Waals surface area (Å²) in [6.45, 7) is 14.2. The van der Waals surface area contributed by atoms with Crippen molar-refractivity contribution in [2.75, 3.05) is 13.1 Å². The zero-order chi connectivity index (χ0) is 16.4. The van der Waals surface area contributed by atoms with Gasteiger partial charge in [0, 0.05) is 19.1 Å². The van der Waals surface area contributed by atoms with Gasteiger partial charge >= 0.3 is 12.1 Å². The normalized spacial score (nSPS) is 24.9. The third-order valence-electron chi connectivity index (χ3n) is 3.91. The van der Waals surface area contributed by atoms with E-state index >= 15 is 0 Å². The average molecular weight is 296 g/mol. The minimum absolute atomic E-state index is 0.0474. The van der Waals surface area contributed by atoms with Gasteiger partial charge in [0.2, 0.25) is 0 Å². The van der Waals surface area contributed by atoms with Crippen molar-refractivity contribution in [3.63, 3.8) is 0 Å². The Morgan fingerprint density at radius 3 is 2.43 bits per heavy atom. The summed E-state index contributed by atoms with van der Waals surface area (Å²) in [4.78, 5) is 27.7. The monoisotopic (exact) mass is 296 g/mol. The molecule has 120 valence electrons. The minimum Gasteiger partial charge on any atom is -0.324 e. The van der Waals surface area contributed by atoms with Crippen LogP contribution in [0.2, 0.25) is 0 Å². The van der Waals surface area contributed by atoms with Gasteiger partial charge in [-0.1, -0.05) is 26.8 Å². The minimum atomic E-state index is -0.902. The summed E-state index contributed by atoms with van der Waals surface area (Å²) in [7, 11) is 0. The van der Waals surface area contributed by atoms with Crippen LogP contribution in [0.15, 0.2) is 12.7 Å². The van der Waals surface area contributed by atoms with E-state index in [-0.39, 0.29) is 17.5 Å². The Bertz CT molecular complexity index is 428. The molecule has 0 spiro atoms. The summed E-state index contributed by atoms with van der Waals surface area (Å²) in [5, 5.41) is 2.86. The van der Waals surface area contributed by atoms with Gasteiger partial charge in [0.1, 0.15) is 5.66 Å². The Balaban J connectivity index is 3.00. The van der Waals surface area contributed by atoms with Crippen LogP contribution in [0, 0.1) is 5.41 Å². The molecule has 2 atom stereocenters. The molecule has 1 aliphatic heterocycles. The maximum absolute atomic E-state index is 12.7. The number of carbonyl (C=O) groups is 2. The van der Waals surface area contributed by atoms with Gasteiger partial charge in [0.05, 0.1) is 0 Å². The smallest absolute Gasteiger partial charge is 0.324 e. The number of nitrogens with one attached hydrogen (secondary N) is 1. The fourth-order valence-electron chi connectivity index (χ4n) is 2.18. The molecule has 4 amide bonds. The predicted octanol–water partition coefficient (Wildman–Crippen LogP) is 2.12. The highest BCUT2D eigenvalue weighted by molar-refractivity contribution is 5.97.